The fourth-order valence-electron chi connectivity index (χ4n) is 6.59. The maximum Gasteiger partial charge on any atom is 0.162 e. The van der Waals surface area contributed by atoms with Gasteiger partial charge < -0.3 is 5.11 Å². The number of ketones is 1. The predicted molar refractivity (Wildman–Crippen MR) is 212 cm³/mol. The summed E-state index contributed by atoms with van der Waals surface area (Å²) in [6.07, 6.45) is 7.60. The minimum Gasteiger partial charge on any atom is -0.512 e. The molecule has 3 aromatic carbocycles. The van der Waals surface area contributed by atoms with Crippen molar-refractivity contribution in [3.05, 3.63) is 90.0 Å². The third kappa shape index (κ3) is 9.54. The molecule has 0 fully saturated rings. The number of aliphatic hydroxyl groups is 1. The summed E-state index contributed by atoms with van der Waals surface area (Å²) in [6, 6.07) is 20.7. The van der Waals surface area contributed by atoms with Crippen LogP contribution in [0, 0.1) is 37.2 Å². The zero-order chi connectivity index (χ0) is 36.9. The molecular weight excluding hydrogens is 843 g/mol. The smallest absolute Gasteiger partial charge is 0.162 e. The van der Waals surface area contributed by atoms with Gasteiger partial charge in [-0.05, 0) is 68.6 Å². The molecule has 0 bridgehead atoms. The van der Waals surface area contributed by atoms with Gasteiger partial charge in [0.25, 0.3) is 0 Å². The second-order valence-corrected chi connectivity index (χ2v) is 15.5. The van der Waals surface area contributed by atoms with Crippen LogP contribution in [0.1, 0.15) is 91.4 Å². The largest absolute Gasteiger partial charge is 0.512 e. The van der Waals surface area contributed by atoms with Crippen molar-refractivity contribution in [2.75, 3.05) is 0 Å². The molecule has 52 heavy (non-hydrogen) atoms. The van der Waals surface area contributed by atoms with Crippen LogP contribution in [0.3, 0.4) is 0 Å². The summed E-state index contributed by atoms with van der Waals surface area (Å²) in [7, 11) is 0. The Hall–Kier alpha value is -3.91. The first-order valence-electron chi connectivity index (χ1n) is 18.1. The summed E-state index contributed by atoms with van der Waals surface area (Å²) in [6.45, 7) is 18.7. The number of allylic oxidation sites excluding steroid dienone is 2. The molecule has 6 rings (SSSR count). The van der Waals surface area contributed by atoms with Gasteiger partial charge in [0.15, 0.2) is 5.78 Å². The monoisotopic (exact) mass is 893 g/mol. The Morgan fingerprint density at radius 1 is 0.865 bits per heavy atom. The minimum atomic E-state index is 0. The van der Waals surface area contributed by atoms with Gasteiger partial charge in [0, 0.05) is 58.5 Å². The third-order valence-electron chi connectivity index (χ3n) is 9.26. The van der Waals surface area contributed by atoms with Crippen molar-refractivity contribution in [1.29, 1.82) is 0 Å². The Labute approximate surface area is 325 Å². The van der Waals surface area contributed by atoms with E-state index in [0.717, 1.165) is 69.9 Å². The number of aliphatic hydroxyl groups excluding tert-OH is 1. The molecule has 1 N–H and O–H groups in total. The van der Waals surface area contributed by atoms with Gasteiger partial charge in [-0.25, -0.2) is 19.9 Å². The van der Waals surface area contributed by atoms with Crippen LogP contribution in [-0.4, -0.2) is 35.8 Å². The van der Waals surface area contributed by atoms with Crippen LogP contribution in [0.4, 0.5) is 0 Å². The van der Waals surface area contributed by atoms with Gasteiger partial charge >= 0.3 is 0 Å². The number of carbonyl (C=O) groups is 1. The predicted octanol–water partition coefficient (Wildman–Crippen LogP) is 11.4. The van der Waals surface area contributed by atoms with E-state index in [0.29, 0.717) is 17.5 Å². The summed E-state index contributed by atoms with van der Waals surface area (Å²) < 4.78 is 2.30. The third-order valence-corrected chi connectivity index (χ3v) is 10.4. The van der Waals surface area contributed by atoms with E-state index in [1.807, 2.05) is 53.7 Å². The molecule has 0 aliphatic heterocycles. The molecule has 1 radical (unpaired) electrons. The number of thiophene rings is 1. The first kappa shape index (κ1) is 40.9. The van der Waals surface area contributed by atoms with Gasteiger partial charge in [-0.1, -0.05) is 89.7 Å². The number of benzene rings is 3. The van der Waals surface area contributed by atoms with Crippen LogP contribution in [0.2, 0.25) is 0 Å². The Kier molecular flexibility index (Phi) is 13.9. The van der Waals surface area contributed by atoms with Crippen molar-refractivity contribution in [3.63, 3.8) is 0 Å². The minimum absolute atomic E-state index is 0. The molecular formula is C43H50IrN5O2S-. The number of aryl methyl sites for hydroxylation is 2. The van der Waals surface area contributed by atoms with Crippen LogP contribution < -0.4 is 0 Å². The van der Waals surface area contributed by atoms with Crippen molar-refractivity contribution in [3.8, 4) is 22.6 Å². The molecule has 3 heterocycles. The van der Waals surface area contributed by atoms with E-state index in [1.165, 1.54) is 21.7 Å². The summed E-state index contributed by atoms with van der Waals surface area (Å²) in [5.74, 6) is 2.62. The number of carbonyl (C=O) groups excluding carboxylic acids is 1. The van der Waals surface area contributed by atoms with Gasteiger partial charge in [0.05, 0.1) is 11.3 Å². The summed E-state index contributed by atoms with van der Waals surface area (Å²) in [4.78, 5) is 34.8. The van der Waals surface area contributed by atoms with Crippen LogP contribution in [0.15, 0.2) is 66.7 Å². The number of aromatic nitrogens is 5. The van der Waals surface area contributed by atoms with Gasteiger partial charge in [0.1, 0.15) is 23.8 Å². The summed E-state index contributed by atoms with van der Waals surface area (Å²) in [5, 5.41) is 13.0. The zero-order valence-electron chi connectivity index (χ0n) is 31.8. The molecule has 9 heteroatoms. The Bertz CT molecular complexity index is 2180. The average Bonchev–Trinajstić information content (AvgIpc) is 3.46. The standard InChI is InChI=1S/C30H26N5S.C13H24O2.Ir/c1-17-33-18(2)35-29(34-17)24-14-21(13-20-8-6-7-9-22(20)24)26-28-27(32-16-31-26)23-11-10-19(12-25(23)36-28)15-30(3,4)5;1-5-10(6-2)12(14)9-13(15)11(7-3)8-4;/h6-12,14,16H,15H2,1-5H3;9-11,14H,5-8H2,1-4H3;/q-1;;/b;12-9-;. The van der Waals surface area contributed by atoms with Crippen molar-refractivity contribution < 1.29 is 30.0 Å². The maximum atomic E-state index is 11.7. The van der Waals surface area contributed by atoms with Crippen LogP contribution >= 0.6 is 11.3 Å². The molecule has 0 spiro atoms. The molecule has 0 atom stereocenters. The molecule has 0 unspecified atom stereocenters. The molecule has 0 aliphatic carbocycles. The fourth-order valence-corrected chi connectivity index (χ4v) is 7.82. The number of fused-ring (bicyclic) bond motifs is 4. The van der Waals surface area contributed by atoms with Crippen LogP contribution in [-0.2, 0) is 31.3 Å². The number of hydrogen-bond acceptors (Lipinski definition) is 8. The second-order valence-electron chi connectivity index (χ2n) is 14.5. The van der Waals surface area contributed by atoms with Gasteiger partial charge in [0.2, 0.25) is 0 Å². The van der Waals surface area contributed by atoms with Crippen molar-refractivity contribution >= 4 is 48.2 Å². The molecule has 0 saturated heterocycles. The Morgan fingerprint density at radius 3 is 2.15 bits per heavy atom. The Balaban J connectivity index is 0.000000323. The first-order valence-corrected chi connectivity index (χ1v) is 18.9. The molecule has 0 saturated carbocycles. The molecule has 6 aromatic rings. The van der Waals surface area contributed by atoms with E-state index in [-0.39, 0.29) is 48.9 Å². The van der Waals surface area contributed by atoms with E-state index in [1.54, 1.807) is 17.7 Å². The second kappa shape index (κ2) is 17.7. The molecule has 275 valence electrons. The van der Waals surface area contributed by atoms with Gasteiger partial charge in [-0.2, -0.15) is 0 Å². The quantitative estimate of drug-likeness (QED) is 0.0830. The Morgan fingerprint density at radius 2 is 1.52 bits per heavy atom. The van der Waals surface area contributed by atoms with E-state index in [9.17, 15) is 9.90 Å². The van der Waals surface area contributed by atoms with Crippen molar-refractivity contribution in [2.24, 2.45) is 17.3 Å². The topological polar surface area (TPSA) is 102 Å². The molecule has 0 aliphatic rings. The normalized spacial score (nSPS) is 12.0. The number of hydrogen-bond donors (Lipinski definition) is 1. The zero-order valence-corrected chi connectivity index (χ0v) is 35.0. The SMILES string of the molecule is CCC(CC)C(=O)/C=C(\O)C(CC)CC.Cc1nc(C)nc(-c2cc(-c3ncnc4c3sc3cc(CC(C)(C)C)ccc34)[c-]c3ccccc23)n1.[Ir]. The van der Waals surface area contributed by atoms with E-state index in [4.69, 9.17) is 4.98 Å². The molecule has 0 amide bonds. The van der Waals surface area contributed by atoms with Gasteiger partial charge in [-0.15, -0.1) is 34.9 Å². The van der Waals surface area contributed by atoms with Crippen LogP contribution in [0.25, 0.3) is 53.7 Å². The number of rotatable bonds is 10. The van der Waals surface area contributed by atoms with Crippen molar-refractivity contribution in [2.45, 2.75) is 94.4 Å². The van der Waals surface area contributed by atoms with E-state index >= 15 is 0 Å². The molecule has 7 nitrogen and oxygen atoms in total. The van der Waals surface area contributed by atoms with E-state index < -0.39 is 0 Å². The summed E-state index contributed by atoms with van der Waals surface area (Å²) >= 11 is 1.75. The number of nitrogens with zero attached hydrogens (tertiary/aromatic N) is 5. The van der Waals surface area contributed by atoms with E-state index in [2.05, 4.69) is 83.2 Å². The fraction of sp³-hybridized carbons (Fsp3) is 0.395. The maximum absolute atomic E-state index is 11.7. The average molecular weight is 893 g/mol. The first-order chi connectivity index (χ1) is 24.3. The van der Waals surface area contributed by atoms with Crippen molar-refractivity contribution in [1.82, 2.24) is 24.9 Å². The van der Waals surface area contributed by atoms with Crippen LogP contribution in [0.5, 0.6) is 0 Å². The molecule has 3 aromatic heterocycles. The van der Waals surface area contributed by atoms with Gasteiger partial charge in [-0.3, -0.25) is 9.78 Å². The summed E-state index contributed by atoms with van der Waals surface area (Å²) in [5.41, 5.74) is 5.31.